The third-order valence-electron chi connectivity index (χ3n) is 5.51. The van der Waals surface area contributed by atoms with Crippen LogP contribution in [0.4, 0.5) is 10.1 Å². The molecule has 4 rings (SSSR count). The van der Waals surface area contributed by atoms with Gasteiger partial charge in [0.05, 0.1) is 12.5 Å². The highest BCUT2D eigenvalue weighted by Gasteiger charge is 2.22. The van der Waals surface area contributed by atoms with Gasteiger partial charge in [-0.1, -0.05) is 24.3 Å². The number of para-hydroxylation sites is 1. The molecule has 8 nitrogen and oxygen atoms in total. The molecule has 0 radical (unpaired) electrons. The topological polar surface area (TPSA) is 107 Å². The van der Waals surface area contributed by atoms with Crippen LogP contribution in [0.15, 0.2) is 59.4 Å². The van der Waals surface area contributed by atoms with Crippen LogP contribution in [0.2, 0.25) is 0 Å². The number of hydrogen-bond donors (Lipinski definition) is 3. The summed E-state index contributed by atoms with van der Waals surface area (Å²) in [5.41, 5.74) is 0.973. The summed E-state index contributed by atoms with van der Waals surface area (Å²) < 4.78 is 15.0. The number of carboxylic acid groups (broad SMARTS) is 1. The average Bonchev–Trinajstić information content (AvgIpc) is 3.44. The van der Waals surface area contributed by atoms with Crippen molar-refractivity contribution in [1.29, 1.82) is 0 Å². The summed E-state index contributed by atoms with van der Waals surface area (Å²) in [6.45, 7) is 1.97. The van der Waals surface area contributed by atoms with Crippen LogP contribution < -0.4 is 15.8 Å². The highest BCUT2D eigenvalue weighted by atomic mass is 19.1. The Morgan fingerprint density at radius 2 is 1.78 bits per heavy atom. The van der Waals surface area contributed by atoms with Gasteiger partial charge in [0.2, 0.25) is 0 Å². The molecule has 3 N–H and O–H groups in total. The van der Waals surface area contributed by atoms with Crippen LogP contribution in [-0.2, 0) is 4.79 Å². The van der Waals surface area contributed by atoms with Crippen molar-refractivity contribution in [1.82, 2.24) is 15.1 Å². The predicted molar refractivity (Wildman–Crippen MR) is 117 cm³/mol. The first-order chi connectivity index (χ1) is 15.4. The fourth-order valence-corrected chi connectivity index (χ4v) is 3.88. The van der Waals surface area contributed by atoms with E-state index in [9.17, 15) is 23.9 Å². The van der Waals surface area contributed by atoms with E-state index in [1.807, 2.05) is 12.1 Å². The van der Waals surface area contributed by atoms with Crippen molar-refractivity contribution in [3.8, 4) is 5.69 Å². The summed E-state index contributed by atoms with van der Waals surface area (Å²) in [7, 11) is 0. The summed E-state index contributed by atoms with van der Waals surface area (Å²) in [6.07, 6.45) is 1.96. The van der Waals surface area contributed by atoms with Crippen LogP contribution >= 0.6 is 0 Å². The SMILES string of the molecule is O=C(O)CC(NC(=O)c1cc(=O)n(-c2ccccc2F)[nH]1)c1ccc(N2CCCC2)cc1. The second kappa shape index (κ2) is 9.09. The second-order valence-corrected chi connectivity index (χ2v) is 7.70. The number of rotatable bonds is 7. The predicted octanol–water partition coefficient (Wildman–Crippen LogP) is 2.85. The van der Waals surface area contributed by atoms with E-state index in [-0.39, 0.29) is 17.8 Å². The van der Waals surface area contributed by atoms with Gasteiger partial charge in [0.25, 0.3) is 11.5 Å². The van der Waals surface area contributed by atoms with Gasteiger partial charge in [-0.3, -0.25) is 19.5 Å². The molecule has 0 spiro atoms. The number of nitrogens with zero attached hydrogens (tertiary/aromatic N) is 2. The Hall–Kier alpha value is -3.88. The number of amides is 1. The number of aromatic nitrogens is 2. The quantitative estimate of drug-likeness (QED) is 0.526. The zero-order valence-corrected chi connectivity index (χ0v) is 17.3. The normalized spacial score (nSPS) is 14.3. The molecule has 1 aliphatic heterocycles. The molecule has 1 aromatic heterocycles. The first-order valence-electron chi connectivity index (χ1n) is 10.4. The maximum atomic E-state index is 14.0. The number of aromatic amines is 1. The fourth-order valence-electron chi connectivity index (χ4n) is 3.88. The Kier molecular flexibility index (Phi) is 6.07. The molecule has 0 saturated carbocycles. The van der Waals surface area contributed by atoms with E-state index in [4.69, 9.17) is 0 Å². The lowest BCUT2D eigenvalue weighted by Crippen LogP contribution is -2.30. The number of aliphatic carboxylic acids is 1. The third kappa shape index (κ3) is 4.56. The molecule has 1 saturated heterocycles. The van der Waals surface area contributed by atoms with Crippen molar-refractivity contribution in [3.63, 3.8) is 0 Å². The molecule has 1 unspecified atom stereocenters. The van der Waals surface area contributed by atoms with Crippen molar-refractivity contribution < 1.29 is 19.1 Å². The monoisotopic (exact) mass is 438 g/mol. The molecule has 166 valence electrons. The van der Waals surface area contributed by atoms with Crippen molar-refractivity contribution in [2.45, 2.75) is 25.3 Å². The number of carbonyl (C=O) groups excluding carboxylic acids is 1. The molecule has 0 aliphatic carbocycles. The second-order valence-electron chi connectivity index (χ2n) is 7.70. The molecule has 3 aromatic rings. The highest BCUT2D eigenvalue weighted by molar-refractivity contribution is 5.92. The third-order valence-corrected chi connectivity index (χ3v) is 5.51. The zero-order chi connectivity index (χ0) is 22.7. The van der Waals surface area contributed by atoms with E-state index in [2.05, 4.69) is 15.3 Å². The number of nitrogens with one attached hydrogen (secondary N) is 2. The summed E-state index contributed by atoms with van der Waals surface area (Å²) >= 11 is 0. The molecule has 0 bridgehead atoms. The molecule has 32 heavy (non-hydrogen) atoms. The lowest BCUT2D eigenvalue weighted by Gasteiger charge is -2.20. The molecular weight excluding hydrogens is 415 g/mol. The van der Waals surface area contributed by atoms with Gasteiger partial charge < -0.3 is 15.3 Å². The lowest BCUT2D eigenvalue weighted by atomic mass is 10.0. The van der Waals surface area contributed by atoms with Gasteiger partial charge in [0.1, 0.15) is 17.2 Å². The van der Waals surface area contributed by atoms with E-state index < -0.39 is 29.3 Å². The van der Waals surface area contributed by atoms with Crippen LogP contribution in [0.1, 0.15) is 41.4 Å². The van der Waals surface area contributed by atoms with E-state index in [0.717, 1.165) is 42.4 Å². The zero-order valence-electron chi connectivity index (χ0n) is 17.3. The number of hydrogen-bond acceptors (Lipinski definition) is 4. The van der Waals surface area contributed by atoms with Gasteiger partial charge >= 0.3 is 5.97 Å². The van der Waals surface area contributed by atoms with Crippen LogP contribution in [-0.4, -0.2) is 39.9 Å². The maximum absolute atomic E-state index is 14.0. The van der Waals surface area contributed by atoms with Crippen molar-refractivity contribution >= 4 is 17.6 Å². The molecule has 1 amide bonds. The summed E-state index contributed by atoms with van der Waals surface area (Å²) in [4.78, 5) is 38.7. The lowest BCUT2D eigenvalue weighted by molar-refractivity contribution is -0.137. The first kappa shape index (κ1) is 21.4. The number of halogens is 1. The van der Waals surface area contributed by atoms with Crippen molar-refractivity contribution in [3.05, 3.63) is 82.0 Å². The maximum Gasteiger partial charge on any atom is 0.305 e. The Labute approximate surface area is 183 Å². The number of anilines is 1. The molecule has 1 fully saturated rings. The smallest absolute Gasteiger partial charge is 0.305 e. The van der Waals surface area contributed by atoms with E-state index >= 15 is 0 Å². The molecule has 1 atom stereocenters. The van der Waals surface area contributed by atoms with Gasteiger partial charge in [-0.05, 0) is 42.7 Å². The molecule has 1 aliphatic rings. The van der Waals surface area contributed by atoms with Gasteiger partial charge in [-0.25, -0.2) is 9.07 Å². The summed E-state index contributed by atoms with van der Waals surface area (Å²) in [6, 6.07) is 13.4. The minimum absolute atomic E-state index is 0.0175. The number of benzene rings is 2. The number of H-pyrrole nitrogens is 1. The standard InChI is InChI=1S/C23H23FN4O4/c24-17-5-1-2-6-20(17)28-21(29)13-19(26-28)23(32)25-18(14-22(30)31)15-7-9-16(10-8-15)27-11-3-4-12-27/h1-2,5-10,13,18,26H,3-4,11-12,14H2,(H,25,32)(H,30,31). The molecule has 2 heterocycles. The van der Waals surface area contributed by atoms with Gasteiger partial charge in [-0.2, -0.15) is 0 Å². The average molecular weight is 438 g/mol. The van der Waals surface area contributed by atoms with E-state index in [1.54, 1.807) is 18.2 Å². The molecule has 2 aromatic carbocycles. The Morgan fingerprint density at radius 3 is 2.44 bits per heavy atom. The Balaban J connectivity index is 1.55. The van der Waals surface area contributed by atoms with Crippen molar-refractivity contribution in [2.24, 2.45) is 0 Å². The van der Waals surface area contributed by atoms with Gasteiger partial charge in [0.15, 0.2) is 0 Å². The van der Waals surface area contributed by atoms with E-state index in [1.165, 1.54) is 18.2 Å². The van der Waals surface area contributed by atoms with Crippen LogP contribution in [0.25, 0.3) is 5.69 Å². The largest absolute Gasteiger partial charge is 0.481 e. The number of carbonyl (C=O) groups is 2. The molecular formula is C23H23FN4O4. The Morgan fingerprint density at radius 1 is 1.09 bits per heavy atom. The minimum Gasteiger partial charge on any atom is -0.481 e. The van der Waals surface area contributed by atoms with Crippen molar-refractivity contribution in [2.75, 3.05) is 18.0 Å². The van der Waals surface area contributed by atoms with Crippen LogP contribution in [0.3, 0.4) is 0 Å². The fraction of sp³-hybridized carbons (Fsp3) is 0.261. The van der Waals surface area contributed by atoms with Gasteiger partial charge in [-0.15, -0.1) is 0 Å². The van der Waals surface area contributed by atoms with E-state index in [0.29, 0.717) is 5.56 Å². The first-order valence-corrected chi connectivity index (χ1v) is 10.4. The van der Waals surface area contributed by atoms with Gasteiger partial charge in [0, 0.05) is 24.8 Å². The highest BCUT2D eigenvalue weighted by Crippen LogP contribution is 2.24. The minimum atomic E-state index is -1.07. The Bertz CT molecular complexity index is 1180. The summed E-state index contributed by atoms with van der Waals surface area (Å²) in [5, 5.41) is 14.6. The van der Waals surface area contributed by atoms with Crippen LogP contribution in [0.5, 0.6) is 0 Å². The summed E-state index contributed by atoms with van der Waals surface area (Å²) in [5.74, 6) is -2.35. The molecule has 9 heteroatoms. The van der Waals surface area contributed by atoms with Crippen LogP contribution in [0, 0.1) is 5.82 Å². The number of carboxylic acids is 1.